The second-order valence-electron chi connectivity index (χ2n) is 7.96. The molecular formula is C24H29N3O5. The van der Waals surface area contributed by atoms with Crippen molar-refractivity contribution in [2.75, 3.05) is 56.7 Å². The molecule has 0 aliphatic carbocycles. The largest absolute Gasteiger partial charge is 0.497 e. The number of carbonyl (C=O) groups excluding carboxylic acids is 2. The maximum atomic E-state index is 12.8. The Morgan fingerprint density at radius 2 is 1.88 bits per heavy atom. The summed E-state index contributed by atoms with van der Waals surface area (Å²) in [5.74, 6) is 1.19. The fraction of sp³-hybridized carbons (Fsp3) is 0.417. The number of anilines is 2. The fourth-order valence-electron chi connectivity index (χ4n) is 3.92. The zero-order valence-electron chi connectivity index (χ0n) is 18.5. The van der Waals surface area contributed by atoms with Gasteiger partial charge in [0.1, 0.15) is 11.5 Å². The van der Waals surface area contributed by atoms with Crippen LogP contribution in [-0.2, 0) is 20.7 Å². The Morgan fingerprint density at radius 3 is 2.59 bits per heavy atom. The monoisotopic (exact) mass is 439 g/mol. The summed E-state index contributed by atoms with van der Waals surface area (Å²) in [4.78, 5) is 29.5. The SMILES string of the molecule is COc1ccc(CC(=O)Nc2ccc3c(c2)N(CCN2CCOCC2)C(=O)C(C)O3)cc1. The number of ether oxygens (including phenoxy) is 3. The van der Waals surface area contributed by atoms with Crippen LogP contribution in [0.3, 0.4) is 0 Å². The normalized spacial score (nSPS) is 18.6. The molecule has 0 saturated carbocycles. The highest BCUT2D eigenvalue weighted by Gasteiger charge is 2.32. The standard InChI is InChI=1S/C24H29N3O5/c1-17-24(29)27(10-9-26-11-13-31-14-12-26)21-16-19(5-8-22(21)32-17)25-23(28)15-18-3-6-20(30-2)7-4-18/h3-8,16-17H,9-15H2,1-2H3,(H,25,28). The first-order valence-electron chi connectivity index (χ1n) is 10.9. The Hall–Kier alpha value is -3.10. The van der Waals surface area contributed by atoms with E-state index in [1.165, 1.54) is 0 Å². The molecular weight excluding hydrogens is 410 g/mol. The van der Waals surface area contributed by atoms with Gasteiger partial charge in [-0.25, -0.2) is 0 Å². The quantitative estimate of drug-likeness (QED) is 0.713. The van der Waals surface area contributed by atoms with Crippen molar-refractivity contribution in [1.29, 1.82) is 0 Å². The van der Waals surface area contributed by atoms with Crippen LogP contribution in [-0.4, -0.2) is 69.3 Å². The van der Waals surface area contributed by atoms with E-state index in [0.29, 0.717) is 36.9 Å². The molecule has 2 heterocycles. The summed E-state index contributed by atoms with van der Waals surface area (Å²) in [7, 11) is 1.61. The molecule has 4 rings (SSSR count). The Labute approximate surface area is 188 Å². The summed E-state index contributed by atoms with van der Waals surface area (Å²) in [6.07, 6.45) is -0.295. The van der Waals surface area contributed by atoms with Gasteiger partial charge in [-0.2, -0.15) is 0 Å². The number of carbonyl (C=O) groups is 2. The number of amides is 2. The average molecular weight is 440 g/mol. The number of nitrogens with zero attached hydrogens (tertiary/aromatic N) is 2. The predicted molar refractivity (Wildman–Crippen MR) is 121 cm³/mol. The van der Waals surface area contributed by atoms with E-state index in [1.54, 1.807) is 25.0 Å². The van der Waals surface area contributed by atoms with Crippen molar-refractivity contribution >= 4 is 23.2 Å². The van der Waals surface area contributed by atoms with E-state index in [4.69, 9.17) is 14.2 Å². The van der Waals surface area contributed by atoms with Crippen LogP contribution in [0.1, 0.15) is 12.5 Å². The maximum Gasteiger partial charge on any atom is 0.267 e. The van der Waals surface area contributed by atoms with Gasteiger partial charge in [0.25, 0.3) is 5.91 Å². The number of hydrogen-bond donors (Lipinski definition) is 1. The van der Waals surface area contributed by atoms with Crippen molar-refractivity contribution in [2.45, 2.75) is 19.4 Å². The minimum atomic E-state index is -0.539. The van der Waals surface area contributed by atoms with E-state index in [-0.39, 0.29) is 18.2 Å². The van der Waals surface area contributed by atoms with Crippen LogP contribution in [0.15, 0.2) is 42.5 Å². The number of fused-ring (bicyclic) bond motifs is 1. The third kappa shape index (κ3) is 5.20. The lowest BCUT2D eigenvalue weighted by molar-refractivity contribution is -0.125. The van der Waals surface area contributed by atoms with Crippen molar-refractivity contribution in [2.24, 2.45) is 0 Å². The molecule has 1 atom stereocenters. The first-order valence-corrected chi connectivity index (χ1v) is 10.9. The van der Waals surface area contributed by atoms with E-state index >= 15 is 0 Å². The van der Waals surface area contributed by atoms with Crippen LogP contribution in [0, 0.1) is 0 Å². The van der Waals surface area contributed by atoms with Crippen LogP contribution in [0.5, 0.6) is 11.5 Å². The summed E-state index contributed by atoms with van der Waals surface area (Å²) in [5.41, 5.74) is 2.20. The molecule has 0 bridgehead atoms. The lowest BCUT2D eigenvalue weighted by Gasteiger charge is -2.35. The van der Waals surface area contributed by atoms with E-state index < -0.39 is 6.10 Å². The molecule has 1 N–H and O–H groups in total. The predicted octanol–water partition coefficient (Wildman–Crippen LogP) is 2.32. The summed E-state index contributed by atoms with van der Waals surface area (Å²) >= 11 is 0. The van der Waals surface area contributed by atoms with Gasteiger partial charge in [-0.15, -0.1) is 0 Å². The van der Waals surface area contributed by atoms with Crippen LogP contribution in [0.2, 0.25) is 0 Å². The molecule has 0 radical (unpaired) electrons. The number of hydrogen-bond acceptors (Lipinski definition) is 6. The molecule has 8 nitrogen and oxygen atoms in total. The van der Waals surface area contributed by atoms with Crippen molar-refractivity contribution in [1.82, 2.24) is 4.90 Å². The Morgan fingerprint density at radius 1 is 1.12 bits per heavy atom. The minimum absolute atomic E-state index is 0.0764. The zero-order valence-corrected chi connectivity index (χ0v) is 18.5. The van der Waals surface area contributed by atoms with E-state index in [0.717, 1.165) is 30.9 Å². The first-order chi connectivity index (χ1) is 15.5. The van der Waals surface area contributed by atoms with Crippen LogP contribution in [0.25, 0.3) is 0 Å². The van der Waals surface area contributed by atoms with Gasteiger partial charge in [0.15, 0.2) is 6.10 Å². The van der Waals surface area contributed by atoms with E-state index in [9.17, 15) is 9.59 Å². The summed E-state index contributed by atoms with van der Waals surface area (Å²) in [5, 5.41) is 2.93. The molecule has 2 aromatic rings. The Kier molecular flexibility index (Phi) is 6.92. The summed E-state index contributed by atoms with van der Waals surface area (Å²) in [6, 6.07) is 12.8. The molecule has 1 unspecified atom stereocenters. The molecule has 8 heteroatoms. The highest BCUT2D eigenvalue weighted by atomic mass is 16.5. The molecule has 2 aliphatic rings. The van der Waals surface area contributed by atoms with Crippen molar-refractivity contribution in [3.05, 3.63) is 48.0 Å². The van der Waals surface area contributed by atoms with Gasteiger partial charge in [0.05, 0.1) is 32.4 Å². The van der Waals surface area contributed by atoms with Crippen LogP contribution < -0.4 is 19.7 Å². The number of rotatable bonds is 7. The van der Waals surface area contributed by atoms with Gasteiger partial charge in [0, 0.05) is 31.9 Å². The highest BCUT2D eigenvalue weighted by molar-refractivity contribution is 6.01. The minimum Gasteiger partial charge on any atom is -0.497 e. The molecule has 170 valence electrons. The molecule has 0 aromatic heterocycles. The van der Waals surface area contributed by atoms with Gasteiger partial charge < -0.3 is 24.4 Å². The van der Waals surface area contributed by atoms with Gasteiger partial charge in [-0.1, -0.05) is 12.1 Å². The Bertz CT molecular complexity index is 957. The lowest BCUT2D eigenvalue weighted by atomic mass is 10.1. The van der Waals surface area contributed by atoms with Crippen molar-refractivity contribution in [3.8, 4) is 11.5 Å². The van der Waals surface area contributed by atoms with Crippen LogP contribution in [0.4, 0.5) is 11.4 Å². The van der Waals surface area contributed by atoms with Crippen LogP contribution >= 0.6 is 0 Å². The smallest absolute Gasteiger partial charge is 0.267 e. The first kappa shape index (κ1) is 22.1. The second kappa shape index (κ2) is 10.0. The van der Waals surface area contributed by atoms with Gasteiger partial charge in [-0.3, -0.25) is 14.5 Å². The summed E-state index contributed by atoms with van der Waals surface area (Å²) < 4.78 is 16.4. The zero-order chi connectivity index (χ0) is 22.5. The molecule has 2 aromatic carbocycles. The van der Waals surface area contributed by atoms with E-state index in [1.807, 2.05) is 36.4 Å². The third-order valence-corrected chi connectivity index (χ3v) is 5.72. The lowest BCUT2D eigenvalue weighted by Crippen LogP contribution is -2.48. The van der Waals surface area contributed by atoms with Gasteiger partial charge in [0.2, 0.25) is 5.91 Å². The molecule has 1 saturated heterocycles. The molecule has 32 heavy (non-hydrogen) atoms. The van der Waals surface area contributed by atoms with Crippen molar-refractivity contribution in [3.63, 3.8) is 0 Å². The fourth-order valence-corrected chi connectivity index (χ4v) is 3.92. The molecule has 0 spiro atoms. The third-order valence-electron chi connectivity index (χ3n) is 5.72. The number of methoxy groups -OCH3 is 1. The molecule has 1 fully saturated rings. The molecule has 2 aliphatic heterocycles. The van der Waals surface area contributed by atoms with E-state index in [2.05, 4.69) is 10.2 Å². The van der Waals surface area contributed by atoms with Gasteiger partial charge in [-0.05, 0) is 42.8 Å². The number of nitrogens with one attached hydrogen (secondary N) is 1. The Balaban J connectivity index is 1.45. The topological polar surface area (TPSA) is 80.3 Å². The maximum absolute atomic E-state index is 12.8. The van der Waals surface area contributed by atoms with Gasteiger partial charge >= 0.3 is 0 Å². The summed E-state index contributed by atoms with van der Waals surface area (Å²) in [6.45, 7) is 6.24. The highest BCUT2D eigenvalue weighted by Crippen LogP contribution is 2.36. The molecule has 2 amide bonds. The number of morpholine rings is 1. The van der Waals surface area contributed by atoms with Crippen molar-refractivity contribution < 1.29 is 23.8 Å². The number of benzene rings is 2. The second-order valence-corrected chi connectivity index (χ2v) is 7.96. The average Bonchev–Trinajstić information content (AvgIpc) is 2.81.